The SMILES string of the molecule is CCC(C)(OC)/C(C)=N/OC(=O)Nc1ccccc1. The number of para-hydroxylation sites is 1. The smallest absolute Gasteiger partial charge is 0.372 e. The number of benzene rings is 1. The molecule has 104 valence electrons. The second-order valence-corrected chi connectivity index (χ2v) is 4.33. The fourth-order valence-corrected chi connectivity index (χ4v) is 1.42. The van der Waals surface area contributed by atoms with Crippen molar-refractivity contribution in [1.82, 2.24) is 0 Å². The number of rotatable bonds is 5. The van der Waals surface area contributed by atoms with Gasteiger partial charge in [0.1, 0.15) is 5.60 Å². The Hall–Kier alpha value is -1.88. The number of anilines is 1. The lowest BCUT2D eigenvalue weighted by Gasteiger charge is -2.25. The molecule has 0 fully saturated rings. The van der Waals surface area contributed by atoms with Crippen molar-refractivity contribution in [3.8, 4) is 0 Å². The van der Waals surface area contributed by atoms with E-state index >= 15 is 0 Å². The highest BCUT2D eigenvalue weighted by Crippen LogP contribution is 2.16. The topological polar surface area (TPSA) is 59.9 Å². The molecule has 0 heterocycles. The van der Waals surface area contributed by atoms with Crippen molar-refractivity contribution in [2.45, 2.75) is 32.8 Å². The van der Waals surface area contributed by atoms with Crippen LogP contribution in [-0.2, 0) is 9.57 Å². The predicted molar refractivity (Wildman–Crippen MR) is 75.4 cm³/mol. The van der Waals surface area contributed by atoms with Gasteiger partial charge in [-0.2, -0.15) is 0 Å². The molecule has 0 spiro atoms. The van der Waals surface area contributed by atoms with Crippen LogP contribution >= 0.6 is 0 Å². The van der Waals surface area contributed by atoms with Crippen molar-refractivity contribution in [1.29, 1.82) is 0 Å². The molecule has 1 unspecified atom stereocenters. The summed E-state index contributed by atoms with van der Waals surface area (Å²) in [6.07, 6.45) is 0.114. The Morgan fingerprint density at radius 1 is 1.37 bits per heavy atom. The Bertz CT molecular complexity index is 439. The summed E-state index contributed by atoms with van der Waals surface area (Å²) < 4.78 is 5.36. The van der Waals surface area contributed by atoms with E-state index in [4.69, 9.17) is 9.57 Å². The summed E-state index contributed by atoms with van der Waals surface area (Å²) in [6, 6.07) is 9.04. The molecule has 0 saturated heterocycles. The number of nitrogens with zero attached hydrogens (tertiary/aromatic N) is 1. The molecule has 0 bridgehead atoms. The van der Waals surface area contributed by atoms with E-state index in [-0.39, 0.29) is 0 Å². The fraction of sp³-hybridized carbons (Fsp3) is 0.429. The van der Waals surface area contributed by atoms with Gasteiger partial charge in [-0.1, -0.05) is 30.3 Å². The maximum Gasteiger partial charge on any atom is 0.437 e. The second kappa shape index (κ2) is 6.89. The van der Waals surface area contributed by atoms with Gasteiger partial charge in [-0.3, -0.25) is 10.2 Å². The van der Waals surface area contributed by atoms with E-state index in [1.54, 1.807) is 26.2 Å². The van der Waals surface area contributed by atoms with E-state index in [0.717, 1.165) is 6.42 Å². The third-order valence-electron chi connectivity index (χ3n) is 3.18. The average Bonchev–Trinajstić information content (AvgIpc) is 2.45. The lowest BCUT2D eigenvalue weighted by atomic mass is 9.98. The third-order valence-corrected chi connectivity index (χ3v) is 3.18. The molecule has 0 aromatic heterocycles. The summed E-state index contributed by atoms with van der Waals surface area (Å²) in [6.45, 7) is 5.64. The van der Waals surface area contributed by atoms with Gasteiger partial charge >= 0.3 is 6.09 Å². The molecule has 1 rings (SSSR count). The van der Waals surface area contributed by atoms with Crippen LogP contribution in [-0.4, -0.2) is 24.5 Å². The Kier molecular flexibility index (Phi) is 5.51. The number of hydrogen-bond donors (Lipinski definition) is 1. The number of carbonyl (C=O) groups is 1. The number of carbonyl (C=O) groups excluding carboxylic acids is 1. The highest BCUT2D eigenvalue weighted by atomic mass is 16.7. The van der Waals surface area contributed by atoms with Crippen LogP contribution < -0.4 is 5.32 Å². The molecular formula is C14H20N2O3. The number of amides is 1. The molecule has 1 amide bonds. The summed E-state index contributed by atoms with van der Waals surface area (Å²) in [5.41, 5.74) is 0.749. The molecule has 5 nitrogen and oxygen atoms in total. The summed E-state index contributed by atoms with van der Waals surface area (Å²) >= 11 is 0. The van der Waals surface area contributed by atoms with E-state index in [2.05, 4.69) is 10.5 Å². The van der Waals surface area contributed by atoms with Crippen LogP contribution in [0.4, 0.5) is 10.5 Å². The number of nitrogens with one attached hydrogen (secondary N) is 1. The molecule has 5 heteroatoms. The highest BCUT2D eigenvalue weighted by Gasteiger charge is 2.26. The zero-order chi connectivity index (χ0) is 14.3. The molecule has 0 aliphatic carbocycles. The van der Waals surface area contributed by atoms with Gasteiger partial charge in [0, 0.05) is 12.8 Å². The van der Waals surface area contributed by atoms with E-state index in [1.165, 1.54) is 0 Å². The van der Waals surface area contributed by atoms with Crippen LogP contribution in [0.2, 0.25) is 0 Å². The zero-order valence-corrected chi connectivity index (χ0v) is 11.8. The number of hydrogen-bond acceptors (Lipinski definition) is 4. The first kappa shape index (κ1) is 15.2. The van der Waals surface area contributed by atoms with Crippen molar-refractivity contribution >= 4 is 17.5 Å². The van der Waals surface area contributed by atoms with Crippen LogP contribution in [0.1, 0.15) is 27.2 Å². The van der Waals surface area contributed by atoms with Crippen molar-refractivity contribution in [2.24, 2.45) is 5.16 Å². The molecule has 1 atom stereocenters. The lowest BCUT2D eigenvalue weighted by molar-refractivity contribution is 0.0587. The van der Waals surface area contributed by atoms with E-state index in [9.17, 15) is 4.79 Å². The average molecular weight is 264 g/mol. The Morgan fingerprint density at radius 3 is 2.53 bits per heavy atom. The first-order valence-electron chi connectivity index (χ1n) is 6.15. The van der Waals surface area contributed by atoms with Gasteiger partial charge in [-0.25, -0.2) is 4.79 Å². The summed E-state index contributed by atoms with van der Waals surface area (Å²) in [4.78, 5) is 16.4. The third kappa shape index (κ3) is 4.37. The summed E-state index contributed by atoms with van der Waals surface area (Å²) in [5.74, 6) is 0. The maximum atomic E-state index is 11.5. The normalized spacial score (nSPS) is 14.6. The van der Waals surface area contributed by atoms with Gasteiger partial charge in [-0.05, 0) is 32.4 Å². The molecular weight excluding hydrogens is 244 g/mol. The minimum Gasteiger partial charge on any atom is -0.372 e. The van der Waals surface area contributed by atoms with Crippen molar-refractivity contribution in [3.63, 3.8) is 0 Å². The summed E-state index contributed by atoms with van der Waals surface area (Å²) in [7, 11) is 1.60. The lowest BCUT2D eigenvalue weighted by Crippen LogP contribution is -2.35. The van der Waals surface area contributed by atoms with E-state index < -0.39 is 11.7 Å². The van der Waals surface area contributed by atoms with Gasteiger partial charge in [0.2, 0.25) is 0 Å². The van der Waals surface area contributed by atoms with Gasteiger partial charge in [0.25, 0.3) is 0 Å². The molecule has 0 aliphatic heterocycles. The van der Waals surface area contributed by atoms with E-state index in [0.29, 0.717) is 11.4 Å². The molecule has 1 N–H and O–H groups in total. The number of oxime groups is 1. The van der Waals surface area contributed by atoms with Crippen molar-refractivity contribution in [2.75, 3.05) is 12.4 Å². The van der Waals surface area contributed by atoms with Crippen molar-refractivity contribution in [3.05, 3.63) is 30.3 Å². The second-order valence-electron chi connectivity index (χ2n) is 4.33. The standard InChI is InChI=1S/C14H20N2O3/c1-5-14(3,18-4)11(2)16-19-13(17)15-12-9-7-6-8-10-12/h6-10H,5H2,1-4H3,(H,15,17)/b16-11+. The minimum absolute atomic E-state index is 0.521. The molecule has 19 heavy (non-hydrogen) atoms. The predicted octanol–water partition coefficient (Wildman–Crippen LogP) is 3.43. The fourth-order valence-electron chi connectivity index (χ4n) is 1.42. The van der Waals surface area contributed by atoms with Crippen LogP contribution in [0, 0.1) is 0 Å². The van der Waals surface area contributed by atoms with Gasteiger partial charge in [0.05, 0.1) is 5.71 Å². The number of methoxy groups -OCH3 is 1. The quantitative estimate of drug-likeness (QED) is 0.503. The Balaban J connectivity index is 2.58. The molecule has 1 aromatic carbocycles. The van der Waals surface area contributed by atoms with Crippen LogP contribution in [0.15, 0.2) is 35.5 Å². The molecule has 0 aliphatic rings. The van der Waals surface area contributed by atoms with E-state index in [1.807, 2.05) is 32.0 Å². The molecule has 0 saturated carbocycles. The highest BCUT2D eigenvalue weighted by molar-refractivity contribution is 5.91. The summed E-state index contributed by atoms with van der Waals surface area (Å²) in [5, 5.41) is 6.39. The number of ether oxygens (including phenoxy) is 1. The minimum atomic E-state index is -0.625. The van der Waals surface area contributed by atoms with Crippen LogP contribution in [0.5, 0.6) is 0 Å². The Morgan fingerprint density at radius 2 is 2.00 bits per heavy atom. The van der Waals surface area contributed by atoms with Crippen molar-refractivity contribution < 1.29 is 14.4 Å². The molecule has 1 aromatic rings. The Labute approximate surface area is 113 Å². The maximum absolute atomic E-state index is 11.5. The monoisotopic (exact) mass is 264 g/mol. The zero-order valence-electron chi connectivity index (χ0n) is 11.8. The first-order valence-corrected chi connectivity index (χ1v) is 6.15. The van der Waals surface area contributed by atoms with Gasteiger partial charge in [0.15, 0.2) is 0 Å². The van der Waals surface area contributed by atoms with Gasteiger partial charge in [-0.15, -0.1) is 0 Å². The van der Waals surface area contributed by atoms with Gasteiger partial charge < -0.3 is 4.74 Å². The van der Waals surface area contributed by atoms with Crippen LogP contribution in [0.3, 0.4) is 0 Å². The molecule has 0 radical (unpaired) electrons. The van der Waals surface area contributed by atoms with Crippen LogP contribution in [0.25, 0.3) is 0 Å². The first-order chi connectivity index (χ1) is 9.01. The largest absolute Gasteiger partial charge is 0.437 e.